The number of aromatic nitrogens is 8. The summed E-state index contributed by atoms with van der Waals surface area (Å²) in [4.78, 5) is 16.9. The van der Waals surface area contributed by atoms with Crippen LogP contribution in [0.4, 0.5) is 0 Å². The number of carbonyl (C=O) groups is 1. The molecule has 1 atom stereocenters. The van der Waals surface area contributed by atoms with Gasteiger partial charge in [0.1, 0.15) is 11.5 Å². The molecular weight excluding hydrogens is 334 g/mol. The maximum atomic E-state index is 12.3. The monoisotopic (exact) mass is 351 g/mol. The first-order valence-corrected chi connectivity index (χ1v) is 8.12. The smallest absolute Gasteiger partial charge is 0.272 e. The Balaban J connectivity index is 1.51. The number of hydrogen-bond acceptors (Lipinski definition) is 6. The lowest BCUT2D eigenvalue weighted by Gasteiger charge is -2.07. The van der Waals surface area contributed by atoms with Crippen LogP contribution in [0.5, 0.6) is 0 Å². The average molecular weight is 351 g/mol. The zero-order chi connectivity index (χ0) is 18.1. The number of benzene rings is 1. The Morgan fingerprint density at radius 1 is 1.31 bits per heavy atom. The minimum atomic E-state index is -0.374. The Hall–Kier alpha value is -3.56. The quantitative estimate of drug-likeness (QED) is 0.494. The molecule has 1 amide bonds. The number of carbonyl (C=O) groups excluding carboxylic acids is 1. The summed E-state index contributed by atoms with van der Waals surface area (Å²) in [5.41, 5.74) is 3.10. The van der Waals surface area contributed by atoms with Gasteiger partial charge in [0.25, 0.3) is 5.91 Å². The van der Waals surface area contributed by atoms with Crippen LogP contribution >= 0.6 is 0 Å². The van der Waals surface area contributed by atoms with Crippen LogP contribution < -0.4 is 5.32 Å². The van der Waals surface area contributed by atoms with Crippen molar-refractivity contribution in [3.63, 3.8) is 0 Å². The van der Waals surface area contributed by atoms with Gasteiger partial charge in [-0.15, -0.1) is 10.2 Å². The van der Waals surface area contributed by atoms with Crippen LogP contribution in [0.15, 0.2) is 30.3 Å². The molecule has 0 saturated carbocycles. The van der Waals surface area contributed by atoms with E-state index in [-0.39, 0.29) is 11.9 Å². The highest BCUT2D eigenvalue weighted by Gasteiger charge is 2.17. The summed E-state index contributed by atoms with van der Waals surface area (Å²) in [6, 6.07) is 9.29. The van der Waals surface area contributed by atoms with Gasteiger partial charge in [-0.1, -0.05) is 17.3 Å². The molecule has 3 aromatic heterocycles. The molecule has 0 spiro atoms. The van der Waals surface area contributed by atoms with Gasteiger partial charge in [0, 0.05) is 0 Å². The molecule has 0 aliphatic carbocycles. The van der Waals surface area contributed by atoms with E-state index < -0.39 is 0 Å². The van der Waals surface area contributed by atoms with Crippen molar-refractivity contribution in [1.82, 2.24) is 45.7 Å². The Kier molecular flexibility index (Phi) is 3.92. The van der Waals surface area contributed by atoms with E-state index in [2.05, 4.69) is 45.7 Å². The lowest BCUT2D eigenvalue weighted by molar-refractivity contribution is 0.0933. The number of nitrogens with zero attached hydrogens (tertiary/aromatic N) is 6. The lowest BCUT2D eigenvalue weighted by atomic mass is 10.2. The molecule has 3 heterocycles. The number of H-pyrrole nitrogens is 2. The fraction of sp³-hybridized carbons (Fsp3) is 0.250. The maximum absolute atomic E-state index is 12.3. The van der Waals surface area contributed by atoms with Gasteiger partial charge in [0.2, 0.25) is 0 Å². The third-order valence-corrected chi connectivity index (χ3v) is 4.13. The molecule has 26 heavy (non-hydrogen) atoms. The van der Waals surface area contributed by atoms with Crippen molar-refractivity contribution in [1.29, 1.82) is 0 Å². The third kappa shape index (κ3) is 2.92. The minimum absolute atomic E-state index is 0.303. The van der Waals surface area contributed by atoms with Crippen molar-refractivity contribution >= 4 is 16.9 Å². The zero-order valence-electron chi connectivity index (χ0n) is 14.3. The van der Waals surface area contributed by atoms with Crippen molar-refractivity contribution < 1.29 is 4.79 Å². The number of hydrogen-bond donors (Lipinski definition) is 3. The van der Waals surface area contributed by atoms with Crippen molar-refractivity contribution in [3.05, 3.63) is 53.4 Å². The van der Waals surface area contributed by atoms with Crippen LogP contribution in [0.3, 0.4) is 0 Å². The van der Waals surface area contributed by atoms with E-state index in [0.717, 1.165) is 22.6 Å². The van der Waals surface area contributed by atoms with E-state index in [0.29, 0.717) is 18.1 Å². The number of fused-ring (bicyclic) bond motifs is 1. The summed E-state index contributed by atoms with van der Waals surface area (Å²) in [6.07, 6.45) is 0. The zero-order valence-corrected chi connectivity index (χ0v) is 14.3. The molecule has 4 rings (SSSR count). The number of aromatic amines is 2. The number of rotatable bonds is 5. The first kappa shape index (κ1) is 15.9. The Bertz CT molecular complexity index is 1050. The van der Waals surface area contributed by atoms with Gasteiger partial charge in [-0.3, -0.25) is 9.89 Å². The fourth-order valence-electron chi connectivity index (χ4n) is 2.81. The summed E-state index contributed by atoms with van der Waals surface area (Å²) in [7, 11) is 0. The molecule has 132 valence electrons. The molecule has 0 aliphatic rings. The van der Waals surface area contributed by atoms with Crippen LogP contribution in [-0.2, 0) is 6.54 Å². The van der Waals surface area contributed by atoms with Crippen molar-refractivity contribution in [3.8, 4) is 0 Å². The van der Waals surface area contributed by atoms with Crippen LogP contribution in [0.2, 0.25) is 0 Å². The van der Waals surface area contributed by atoms with Gasteiger partial charge in [-0.05, 0) is 32.0 Å². The van der Waals surface area contributed by atoms with Crippen LogP contribution in [0, 0.1) is 6.92 Å². The van der Waals surface area contributed by atoms with E-state index in [1.807, 2.05) is 31.2 Å². The van der Waals surface area contributed by atoms with Gasteiger partial charge in [0.15, 0.2) is 5.82 Å². The second kappa shape index (κ2) is 6.39. The second-order valence-corrected chi connectivity index (χ2v) is 5.98. The van der Waals surface area contributed by atoms with Gasteiger partial charge >= 0.3 is 0 Å². The number of para-hydroxylation sites is 2. The van der Waals surface area contributed by atoms with E-state index >= 15 is 0 Å². The maximum Gasteiger partial charge on any atom is 0.272 e. The second-order valence-electron chi connectivity index (χ2n) is 5.98. The molecule has 1 aromatic carbocycles. The molecule has 10 nitrogen and oxygen atoms in total. The van der Waals surface area contributed by atoms with E-state index in [1.54, 1.807) is 13.0 Å². The van der Waals surface area contributed by atoms with Crippen molar-refractivity contribution in [2.75, 3.05) is 0 Å². The SMILES string of the molecule is Cc1nc2ccccc2n1Cc1cc(C(=O)N[C@@H](C)c2nn[nH]n2)n[nH]1. The normalized spacial score (nSPS) is 12.4. The van der Waals surface area contributed by atoms with E-state index in [9.17, 15) is 4.79 Å². The Morgan fingerprint density at radius 2 is 2.15 bits per heavy atom. The fourth-order valence-corrected chi connectivity index (χ4v) is 2.81. The average Bonchev–Trinajstić information content (AvgIpc) is 3.36. The number of aryl methyl sites for hydroxylation is 1. The van der Waals surface area contributed by atoms with Crippen LogP contribution in [0.1, 0.15) is 40.8 Å². The van der Waals surface area contributed by atoms with Gasteiger partial charge in [0.05, 0.1) is 29.3 Å². The lowest BCUT2D eigenvalue weighted by Crippen LogP contribution is -2.27. The molecule has 0 fully saturated rings. The first-order chi connectivity index (χ1) is 12.6. The molecule has 4 aromatic rings. The number of nitrogens with one attached hydrogen (secondary N) is 3. The van der Waals surface area contributed by atoms with Gasteiger partial charge in [-0.25, -0.2) is 4.98 Å². The van der Waals surface area contributed by atoms with Gasteiger partial charge < -0.3 is 9.88 Å². The first-order valence-electron chi connectivity index (χ1n) is 8.12. The molecule has 10 heteroatoms. The molecule has 0 bridgehead atoms. The molecule has 0 aliphatic heterocycles. The number of imidazole rings is 1. The van der Waals surface area contributed by atoms with Crippen molar-refractivity contribution in [2.24, 2.45) is 0 Å². The molecule has 0 unspecified atom stereocenters. The highest BCUT2D eigenvalue weighted by Crippen LogP contribution is 2.17. The third-order valence-electron chi connectivity index (χ3n) is 4.13. The molecule has 3 N–H and O–H groups in total. The number of amides is 1. The highest BCUT2D eigenvalue weighted by atomic mass is 16.2. The predicted octanol–water partition coefficient (Wildman–Crippen LogP) is 1.12. The van der Waals surface area contributed by atoms with E-state index in [4.69, 9.17) is 0 Å². The van der Waals surface area contributed by atoms with Gasteiger partial charge in [-0.2, -0.15) is 10.3 Å². The highest BCUT2D eigenvalue weighted by molar-refractivity contribution is 5.92. The standard InChI is InChI=1S/C16H17N9O/c1-9(15-21-23-24-22-15)17-16(26)13-7-11(19-20-13)8-25-10(2)18-12-5-3-4-6-14(12)25/h3-7,9H,8H2,1-2H3,(H,17,26)(H,19,20)(H,21,22,23,24)/t9-/m0/s1. The molecule has 0 radical (unpaired) electrons. The summed E-state index contributed by atoms with van der Waals surface area (Å²) >= 11 is 0. The topological polar surface area (TPSA) is 130 Å². The summed E-state index contributed by atoms with van der Waals surface area (Å²) < 4.78 is 2.08. The summed E-state index contributed by atoms with van der Waals surface area (Å²) in [5.74, 6) is 1.00. The largest absolute Gasteiger partial charge is 0.341 e. The molecule has 0 saturated heterocycles. The predicted molar refractivity (Wildman–Crippen MR) is 92.2 cm³/mol. The molecular formula is C16H17N9O. The summed E-state index contributed by atoms with van der Waals surface area (Å²) in [6.45, 7) is 4.28. The van der Waals surface area contributed by atoms with Crippen LogP contribution in [-0.4, -0.2) is 46.3 Å². The summed E-state index contributed by atoms with van der Waals surface area (Å²) in [5, 5.41) is 23.4. The van der Waals surface area contributed by atoms with Crippen LogP contribution in [0.25, 0.3) is 11.0 Å². The van der Waals surface area contributed by atoms with Crippen molar-refractivity contribution in [2.45, 2.75) is 26.4 Å². The van der Waals surface area contributed by atoms with E-state index in [1.165, 1.54) is 0 Å². The Morgan fingerprint density at radius 3 is 2.96 bits per heavy atom. The Labute approximate surface area is 148 Å². The minimum Gasteiger partial charge on any atom is -0.341 e. The number of tetrazole rings is 1.